The molecule has 0 aliphatic rings. The summed E-state index contributed by atoms with van der Waals surface area (Å²) < 4.78 is 14.3. The lowest BCUT2D eigenvalue weighted by molar-refractivity contribution is 0.602. The zero-order valence-corrected chi connectivity index (χ0v) is 15.2. The lowest BCUT2D eigenvalue weighted by atomic mass is 10.2. The molecule has 3 rings (SSSR count). The van der Waals surface area contributed by atoms with Gasteiger partial charge in [-0.05, 0) is 19.9 Å². The van der Waals surface area contributed by atoms with E-state index < -0.39 is 0 Å². The predicted octanol–water partition coefficient (Wildman–Crippen LogP) is 4.74. The number of anilines is 2. The van der Waals surface area contributed by atoms with Gasteiger partial charge in [-0.3, -0.25) is 5.10 Å². The Bertz CT molecular complexity index is 898. The summed E-state index contributed by atoms with van der Waals surface area (Å²) in [5.41, 5.74) is 2.58. The zero-order chi connectivity index (χ0) is 17.5. The van der Waals surface area contributed by atoms with Gasteiger partial charge in [-0.1, -0.05) is 20.8 Å². The molecule has 2 N–H and O–H groups in total. The van der Waals surface area contributed by atoms with Crippen LogP contribution in [0.5, 0.6) is 0 Å². The molecule has 24 heavy (non-hydrogen) atoms. The standard InChI is InChI=1S/C17H20FN5S/c1-9-10(2)22-23-15(9)21-16-11-6-14(24-17(3,4)5)12(18)7-13(11)19-8-20-16/h6-8H,1-5H3,(H2,19,20,21,22,23). The Balaban J connectivity index is 2.08. The van der Waals surface area contributed by atoms with Crippen molar-refractivity contribution in [3.8, 4) is 0 Å². The average Bonchev–Trinajstić information content (AvgIpc) is 2.79. The predicted molar refractivity (Wildman–Crippen MR) is 96.5 cm³/mol. The fourth-order valence-corrected chi connectivity index (χ4v) is 3.28. The molecule has 0 saturated carbocycles. The van der Waals surface area contributed by atoms with E-state index in [9.17, 15) is 4.39 Å². The number of hydrogen-bond acceptors (Lipinski definition) is 5. The fraction of sp³-hybridized carbons (Fsp3) is 0.353. The SMILES string of the molecule is Cc1[nH]nc(Nc2ncnc3cc(F)c(SC(C)(C)C)cc23)c1C. The Hall–Kier alpha value is -2.15. The molecule has 7 heteroatoms. The van der Waals surface area contributed by atoms with Crippen LogP contribution in [0.2, 0.25) is 0 Å². The minimum atomic E-state index is -0.265. The largest absolute Gasteiger partial charge is 0.323 e. The Morgan fingerprint density at radius 2 is 1.88 bits per heavy atom. The molecule has 0 bridgehead atoms. The van der Waals surface area contributed by atoms with Crippen LogP contribution >= 0.6 is 11.8 Å². The van der Waals surface area contributed by atoms with Crippen molar-refractivity contribution >= 4 is 34.3 Å². The van der Waals surface area contributed by atoms with Gasteiger partial charge in [0, 0.05) is 32.4 Å². The van der Waals surface area contributed by atoms with Crippen molar-refractivity contribution in [1.82, 2.24) is 20.2 Å². The first-order valence-corrected chi connectivity index (χ1v) is 8.48. The van der Waals surface area contributed by atoms with E-state index in [1.807, 2.05) is 13.8 Å². The molecule has 0 aliphatic carbocycles. The lowest BCUT2D eigenvalue weighted by Crippen LogP contribution is -2.07. The van der Waals surface area contributed by atoms with E-state index >= 15 is 0 Å². The van der Waals surface area contributed by atoms with E-state index in [-0.39, 0.29) is 10.6 Å². The molecule has 0 fully saturated rings. The second-order valence-electron chi connectivity index (χ2n) is 6.68. The minimum absolute atomic E-state index is 0.0896. The Labute approximate surface area is 144 Å². The summed E-state index contributed by atoms with van der Waals surface area (Å²) in [4.78, 5) is 9.08. The molecule has 3 aromatic rings. The molecule has 0 atom stereocenters. The number of benzene rings is 1. The molecule has 5 nitrogen and oxygen atoms in total. The number of fused-ring (bicyclic) bond motifs is 1. The molecule has 2 aromatic heterocycles. The molecule has 0 saturated heterocycles. The first-order valence-electron chi connectivity index (χ1n) is 7.66. The zero-order valence-electron chi connectivity index (χ0n) is 14.4. The second-order valence-corrected chi connectivity index (χ2v) is 8.55. The number of nitrogens with one attached hydrogen (secondary N) is 2. The van der Waals surface area contributed by atoms with Crippen molar-refractivity contribution in [3.05, 3.63) is 35.5 Å². The maximum atomic E-state index is 14.4. The van der Waals surface area contributed by atoms with Crippen LogP contribution in [0, 0.1) is 19.7 Å². The molecule has 126 valence electrons. The highest BCUT2D eigenvalue weighted by molar-refractivity contribution is 8.00. The van der Waals surface area contributed by atoms with Gasteiger partial charge in [0.15, 0.2) is 5.82 Å². The lowest BCUT2D eigenvalue weighted by Gasteiger charge is -2.18. The third-order valence-corrected chi connectivity index (χ3v) is 4.74. The highest BCUT2D eigenvalue weighted by Gasteiger charge is 2.18. The maximum absolute atomic E-state index is 14.4. The summed E-state index contributed by atoms with van der Waals surface area (Å²) in [5, 5.41) is 11.2. The number of H-pyrrole nitrogens is 1. The Morgan fingerprint density at radius 1 is 1.12 bits per heavy atom. The minimum Gasteiger partial charge on any atom is -0.323 e. The number of nitrogens with zero attached hydrogens (tertiary/aromatic N) is 3. The highest BCUT2D eigenvalue weighted by atomic mass is 32.2. The van der Waals surface area contributed by atoms with Gasteiger partial charge >= 0.3 is 0 Å². The van der Waals surface area contributed by atoms with Crippen molar-refractivity contribution in [2.75, 3.05) is 5.32 Å². The van der Waals surface area contributed by atoms with Crippen LogP contribution in [0.3, 0.4) is 0 Å². The summed E-state index contributed by atoms with van der Waals surface area (Å²) in [5.74, 6) is 1.06. The number of aryl methyl sites for hydroxylation is 1. The van der Waals surface area contributed by atoms with Gasteiger partial charge in [-0.2, -0.15) is 5.10 Å². The van der Waals surface area contributed by atoms with Crippen LogP contribution in [0.15, 0.2) is 23.4 Å². The van der Waals surface area contributed by atoms with E-state index in [0.717, 1.165) is 16.6 Å². The molecular weight excluding hydrogens is 325 g/mol. The Kier molecular flexibility index (Phi) is 4.21. The molecule has 0 aliphatic heterocycles. The molecular formula is C17H20FN5S. The number of hydrogen-bond donors (Lipinski definition) is 2. The average molecular weight is 345 g/mol. The van der Waals surface area contributed by atoms with Crippen molar-refractivity contribution in [2.45, 2.75) is 44.3 Å². The van der Waals surface area contributed by atoms with Gasteiger partial charge in [0.2, 0.25) is 0 Å². The molecule has 1 aromatic carbocycles. The second kappa shape index (κ2) is 6.05. The number of thioether (sulfide) groups is 1. The molecule has 0 unspecified atom stereocenters. The van der Waals surface area contributed by atoms with Crippen LogP contribution in [-0.4, -0.2) is 24.9 Å². The van der Waals surface area contributed by atoms with Crippen molar-refractivity contribution in [1.29, 1.82) is 0 Å². The molecule has 2 heterocycles. The van der Waals surface area contributed by atoms with Crippen molar-refractivity contribution in [2.24, 2.45) is 0 Å². The smallest absolute Gasteiger partial charge is 0.156 e. The third-order valence-electron chi connectivity index (χ3n) is 3.60. The van der Waals surface area contributed by atoms with E-state index in [4.69, 9.17) is 0 Å². The van der Waals surface area contributed by atoms with Gasteiger partial charge in [0.25, 0.3) is 0 Å². The van der Waals surface area contributed by atoms with Gasteiger partial charge in [0.1, 0.15) is 18.0 Å². The number of halogens is 1. The van der Waals surface area contributed by atoms with E-state index in [0.29, 0.717) is 22.0 Å². The number of aromatic nitrogens is 4. The Morgan fingerprint density at radius 3 is 2.50 bits per heavy atom. The molecule has 0 radical (unpaired) electrons. The van der Waals surface area contributed by atoms with Crippen LogP contribution in [-0.2, 0) is 0 Å². The van der Waals surface area contributed by atoms with Crippen LogP contribution < -0.4 is 5.32 Å². The van der Waals surface area contributed by atoms with Gasteiger partial charge in [-0.25, -0.2) is 14.4 Å². The summed E-state index contributed by atoms with van der Waals surface area (Å²) in [6, 6.07) is 3.26. The topological polar surface area (TPSA) is 66.5 Å². The van der Waals surface area contributed by atoms with Gasteiger partial charge < -0.3 is 5.32 Å². The molecule has 0 amide bonds. The fourth-order valence-electron chi connectivity index (χ4n) is 2.28. The highest BCUT2D eigenvalue weighted by Crippen LogP contribution is 2.36. The molecule has 0 spiro atoms. The van der Waals surface area contributed by atoms with Gasteiger partial charge in [0.05, 0.1) is 5.52 Å². The quantitative estimate of drug-likeness (QED) is 0.671. The third kappa shape index (κ3) is 3.36. The van der Waals surface area contributed by atoms with Crippen LogP contribution in [0.1, 0.15) is 32.0 Å². The van der Waals surface area contributed by atoms with Crippen LogP contribution in [0.25, 0.3) is 10.9 Å². The maximum Gasteiger partial charge on any atom is 0.156 e. The number of aromatic amines is 1. The van der Waals surface area contributed by atoms with E-state index in [1.165, 1.54) is 24.2 Å². The van der Waals surface area contributed by atoms with Crippen LogP contribution in [0.4, 0.5) is 16.0 Å². The summed E-state index contributed by atoms with van der Waals surface area (Å²) in [6.07, 6.45) is 1.43. The van der Waals surface area contributed by atoms with E-state index in [2.05, 4.69) is 46.3 Å². The summed E-state index contributed by atoms with van der Waals surface area (Å²) in [7, 11) is 0. The van der Waals surface area contributed by atoms with Gasteiger partial charge in [-0.15, -0.1) is 11.8 Å². The monoisotopic (exact) mass is 345 g/mol. The first-order chi connectivity index (χ1) is 11.2. The summed E-state index contributed by atoms with van der Waals surface area (Å²) >= 11 is 1.48. The van der Waals surface area contributed by atoms with Crippen molar-refractivity contribution < 1.29 is 4.39 Å². The van der Waals surface area contributed by atoms with E-state index in [1.54, 1.807) is 6.07 Å². The number of rotatable bonds is 3. The first kappa shape index (κ1) is 16.7. The normalized spacial score (nSPS) is 11.9. The summed E-state index contributed by atoms with van der Waals surface area (Å²) in [6.45, 7) is 10.1. The van der Waals surface area contributed by atoms with Crippen molar-refractivity contribution in [3.63, 3.8) is 0 Å².